The zero-order chi connectivity index (χ0) is 25.9. The maximum Gasteiger partial charge on any atom is 0.416 e. The van der Waals surface area contributed by atoms with E-state index in [9.17, 15) is 27.9 Å². The first-order valence-corrected chi connectivity index (χ1v) is 13.1. The standard InChI is InChI=1S/C25H31F3N4O3S/c1-2-20-13-30-23(36-20)24(35)9-6-19(7-10-24)32-11-8-18(15-32)31-21(33)14-29-22(34)16-4-3-5-17(12-16)25(26,27)28/h3-5,12-13,18-19,35H,2,6-11,14-15H2,1H3,(H,29,34)(H,31,33)/t18-,19?,24?/m1/s1. The number of nitrogens with one attached hydrogen (secondary N) is 2. The molecule has 2 aromatic rings. The van der Waals surface area contributed by atoms with Crippen molar-refractivity contribution in [1.29, 1.82) is 0 Å². The summed E-state index contributed by atoms with van der Waals surface area (Å²) >= 11 is 1.58. The zero-order valence-corrected chi connectivity index (χ0v) is 20.9. The fraction of sp³-hybridized carbons (Fsp3) is 0.560. The van der Waals surface area contributed by atoms with Crippen molar-refractivity contribution in [2.45, 2.75) is 69.3 Å². The van der Waals surface area contributed by atoms with Gasteiger partial charge in [0, 0.05) is 41.8 Å². The Morgan fingerprint density at radius 3 is 2.67 bits per heavy atom. The molecular weight excluding hydrogens is 493 g/mol. The average Bonchev–Trinajstić information content (AvgIpc) is 3.53. The largest absolute Gasteiger partial charge is 0.416 e. The molecule has 1 aromatic carbocycles. The molecule has 2 heterocycles. The Bertz CT molecular complexity index is 1080. The second-order valence-corrected chi connectivity index (χ2v) is 10.7. The van der Waals surface area contributed by atoms with E-state index in [1.807, 2.05) is 6.20 Å². The number of carbonyl (C=O) groups excluding carboxylic acids is 2. The molecule has 196 valence electrons. The molecule has 1 aliphatic heterocycles. The van der Waals surface area contributed by atoms with E-state index >= 15 is 0 Å². The number of rotatable bonds is 7. The molecule has 1 saturated heterocycles. The highest BCUT2D eigenvalue weighted by Gasteiger charge is 2.40. The molecule has 0 spiro atoms. The van der Waals surface area contributed by atoms with Crippen molar-refractivity contribution < 1.29 is 27.9 Å². The summed E-state index contributed by atoms with van der Waals surface area (Å²) in [5, 5.41) is 17.2. The summed E-state index contributed by atoms with van der Waals surface area (Å²) in [7, 11) is 0. The van der Waals surface area contributed by atoms with Crippen molar-refractivity contribution >= 4 is 23.2 Å². The number of likely N-dealkylation sites (tertiary alicyclic amines) is 1. The minimum atomic E-state index is -4.54. The lowest BCUT2D eigenvalue weighted by Crippen LogP contribution is -2.45. The summed E-state index contributed by atoms with van der Waals surface area (Å²) in [6.45, 7) is 3.29. The Balaban J connectivity index is 1.21. The molecule has 1 saturated carbocycles. The van der Waals surface area contributed by atoms with E-state index in [4.69, 9.17) is 0 Å². The van der Waals surface area contributed by atoms with Gasteiger partial charge in [-0.15, -0.1) is 11.3 Å². The lowest BCUT2D eigenvalue weighted by atomic mass is 9.82. The number of thiazole rings is 1. The van der Waals surface area contributed by atoms with Gasteiger partial charge in [0.2, 0.25) is 5.91 Å². The molecule has 0 unspecified atom stereocenters. The van der Waals surface area contributed by atoms with E-state index in [1.54, 1.807) is 11.3 Å². The Morgan fingerprint density at radius 1 is 1.25 bits per heavy atom. The van der Waals surface area contributed by atoms with Crippen LogP contribution in [0.15, 0.2) is 30.5 Å². The number of hydrogen-bond donors (Lipinski definition) is 3. The Morgan fingerprint density at radius 2 is 2.00 bits per heavy atom. The van der Waals surface area contributed by atoms with Crippen LogP contribution in [0.25, 0.3) is 0 Å². The van der Waals surface area contributed by atoms with Crippen LogP contribution in [0.1, 0.15) is 64.8 Å². The molecule has 1 atom stereocenters. The topological polar surface area (TPSA) is 94.6 Å². The second kappa shape index (κ2) is 10.9. The third-order valence-corrected chi connectivity index (χ3v) is 8.38. The Labute approximate surface area is 212 Å². The molecule has 36 heavy (non-hydrogen) atoms. The molecule has 11 heteroatoms. The number of benzene rings is 1. The van der Waals surface area contributed by atoms with Crippen molar-refractivity contribution in [1.82, 2.24) is 20.5 Å². The summed E-state index contributed by atoms with van der Waals surface area (Å²) in [6.07, 6.45) is 2.01. The fourth-order valence-electron chi connectivity index (χ4n) is 4.96. The van der Waals surface area contributed by atoms with Crippen LogP contribution in [0.3, 0.4) is 0 Å². The first-order chi connectivity index (χ1) is 17.1. The van der Waals surface area contributed by atoms with Crippen molar-refractivity contribution in [3.63, 3.8) is 0 Å². The number of aromatic nitrogens is 1. The Hall–Kier alpha value is -2.50. The van der Waals surface area contributed by atoms with E-state index in [0.717, 1.165) is 55.4 Å². The van der Waals surface area contributed by atoms with Gasteiger partial charge in [-0.05, 0) is 56.7 Å². The van der Waals surface area contributed by atoms with Crippen LogP contribution in [-0.4, -0.2) is 58.5 Å². The molecule has 1 aliphatic carbocycles. The van der Waals surface area contributed by atoms with Gasteiger partial charge in [-0.25, -0.2) is 4.98 Å². The van der Waals surface area contributed by atoms with Crippen LogP contribution in [0.4, 0.5) is 13.2 Å². The molecule has 2 amide bonds. The number of halogens is 3. The highest BCUT2D eigenvalue weighted by molar-refractivity contribution is 7.11. The molecule has 0 radical (unpaired) electrons. The average molecular weight is 525 g/mol. The van der Waals surface area contributed by atoms with E-state index in [1.165, 1.54) is 10.9 Å². The monoisotopic (exact) mass is 524 g/mol. The van der Waals surface area contributed by atoms with Gasteiger partial charge in [0.1, 0.15) is 10.6 Å². The van der Waals surface area contributed by atoms with Crippen molar-refractivity contribution in [3.05, 3.63) is 51.5 Å². The number of alkyl halides is 3. The van der Waals surface area contributed by atoms with Crippen LogP contribution >= 0.6 is 11.3 Å². The fourth-order valence-corrected chi connectivity index (χ4v) is 5.96. The molecule has 0 bridgehead atoms. The van der Waals surface area contributed by atoms with Crippen molar-refractivity contribution in [2.75, 3.05) is 19.6 Å². The van der Waals surface area contributed by atoms with Crippen molar-refractivity contribution in [3.8, 4) is 0 Å². The third kappa shape index (κ3) is 6.24. The molecule has 2 fully saturated rings. The first kappa shape index (κ1) is 26.6. The van der Waals surface area contributed by atoms with E-state index in [2.05, 4.69) is 27.4 Å². The molecule has 3 N–H and O–H groups in total. The minimum Gasteiger partial charge on any atom is -0.383 e. The number of nitrogens with zero attached hydrogens (tertiary/aromatic N) is 2. The van der Waals surface area contributed by atoms with Gasteiger partial charge in [0.05, 0.1) is 12.1 Å². The van der Waals surface area contributed by atoms with Crippen LogP contribution in [0.2, 0.25) is 0 Å². The second-order valence-electron chi connectivity index (χ2n) is 9.56. The summed E-state index contributed by atoms with van der Waals surface area (Å²) in [4.78, 5) is 32.5. The van der Waals surface area contributed by atoms with Gasteiger partial charge in [-0.1, -0.05) is 13.0 Å². The van der Waals surface area contributed by atoms with Gasteiger partial charge in [-0.3, -0.25) is 14.5 Å². The molecule has 1 aromatic heterocycles. The minimum absolute atomic E-state index is 0.0603. The normalized spacial score (nSPS) is 25.0. The van der Waals surface area contributed by atoms with Crippen molar-refractivity contribution in [2.24, 2.45) is 0 Å². The maximum absolute atomic E-state index is 12.9. The quantitative estimate of drug-likeness (QED) is 0.516. The predicted molar refractivity (Wildman–Crippen MR) is 130 cm³/mol. The van der Waals surface area contributed by atoms with Crippen LogP contribution in [-0.2, 0) is 23.0 Å². The lowest BCUT2D eigenvalue weighted by molar-refractivity contribution is -0.137. The summed E-state index contributed by atoms with van der Waals surface area (Å²) in [6, 6.07) is 4.37. The Kier molecular flexibility index (Phi) is 8.01. The number of hydrogen-bond acceptors (Lipinski definition) is 6. The summed E-state index contributed by atoms with van der Waals surface area (Å²) in [5.74, 6) is -1.11. The highest BCUT2D eigenvalue weighted by Crippen LogP contribution is 2.40. The molecule has 7 nitrogen and oxygen atoms in total. The predicted octanol–water partition coefficient (Wildman–Crippen LogP) is 3.48. The zero-order valence-electron chi connectivity index (χ0n) is 20.1. The summed E-state index contributed by atoms with van der Waals surface area (Å²) in [5.41, 5.74) is -1.92. The maximum atomic E-state index is 12.9. The van der Waals surface area contributed by atoms with Gasteiger partial charge >= 0.3 is 6.18 Å². The van der Waals surface area contributed by atoms with Crippen LogP contribution in [0, 0.1) is 0 Å². The smallest absolute Gasteiger partial charge is 0.383 e. The van der Waals surface area contributed by atoms with Crippen LogP contribution in [0.5, 0.6) is 0 Å². The van der Waals surface area contributed by atoms with E-state index in [0.29, 0.717) is 25.4 Å². The van der Waals surface area contributed by atoms with Gasteiger partial charge < -0.3 is 15.7 Å². The lowest BCUT2D eigenvalue weighted by Gasteiger charge is -2.38. The number of aliphatic hydroxyl groups is 1. The SMILES string of the molecule is CCc1cnc(C2(O)CCC(N3CC[C@@H](NC(=O)CNC(=O)c4cccc(C(F)(F)F)c4)C3)CC2)s1. The van der Waals surface area contributed by atoms with Gasteiger partial charge in [0.15, 0.2) is 0 Å². The van der Waals surface area contributed by atoms with Crippen LogP contribution < -0.4 is 10.6 Å². The number of carbonyl (C=O) groups is 2. The van der Waals surface area contributed by atoms with Gasteiger partial charge in [-0.2, -0.15) is 13.2 Å². The van der Waals surface area contributed by atoms with E-state index in [-0.39, 0.29) is 24.1 Å². The molecule has 4 rings (SSSR count). The molecule has 2 aliphatic rings. The number of aryl methyl sites for hydroxylation is 1. The summed E-state index contributed by atoms with van der Waals surface area (Å²) < 4.78 is 38.6. The van der Waals surface area contributed by atoms with E-state index < -0.39 is 23.2 Å². The van der Waals surface area contributed by atoms with Gasteiger partial charge in [0.25, 0.3) is 5.91 Å². The third-order valence-electron chi connectivity index (χ3n) is 7.05. The molecular formula is C25H31F3N4O3S. The first-order valence-electron chi connectivity index (χ1n) is 12.2. The number of amides is 2. The highest BCUT2D eigenvalue weighted by atomic mass is 32.1.